The predicted molar refractivity (Wildman–Crippen MR) is 118 cm³/mol. The highest BCUT2D eigenvalue weighted by Crippen LogP contribution is 2.53. The molecule has 156 valence electrons. The fourth-order valence-electron chi connectivity index (χ4n) is 3.69. The summed E-state index contributed by atoms with van der Waals surface area (Å²) in [5.41, 5.74) is -1.84. The van der Waals surface area contributed by atoms with E-state index in [0.29, 0.717) is 16.2 Å². The van der Waals surface area contributed by atoms with Crippen molar-refractivity contribution >= 4 is 46.7 Å². The number of hydrogen-bond acceptors (Lipinski definition) is 3. The summed E-state index contributed by atoms with van der Waals surface area (Å²) in [7, 11) is -4.94. The third kappa shape index (κ3) is 4.07. The molecule has 4 aromatic rings. The van der Waals surface area contributed by atoms with E-state index in [9.17, 15) is 29.0 Å². The van der Waals surface area contributed by atoms with Crippen LogP contribution in [0.15, 0.2) is 78.9 Å². The Bertz CT molecular complexity index is 1370. The summed E-state index contributed by atoms with van der Waals surface area (Å²) in [6.45, 7) is 0. The Morgan fingerprint density at radius 1 is 0.806 bits per heavy atom. The summed E-state index contributed by atoms with van der Waals surface area (Å²) in [6.07, 6.45) is 0. The van der Waals surface area contributed by atoms with Gasteiger partial charge >= 0.3 is 13.6 Å². The van der Waals surface area contributed by atoms with Crippen molar-refractivity contribution in [3.63, 3.8) is 0 Å². The molecule has 0 fully saturated rings. The molecule has 4 rings (SSSR count). The van der Waals surface area contributed by atoms with Crippen LogP contribution in [0.5, 0.6) is 0 Å². The van der Waals surface area contributed by atoms with Crippen LogP contribution in [-0.2, 0) is 9.36 Å². The third-order valence-electron chi connectivity index (χ3n) is 5.08. The van der Waals surface area contributed by atoms with Crippen LogP contribution in [0.25, 0.3) is 21.5 Å². The Hall–Kier alpha value is -3.51. The Kier molecular flexibility index (Phi) is 5.33. The van der Waals surface area contributed by atoms with Crippen LogP contribution in [0, 0.1) is 0 Å². The minimum Gasteiger partial charge on any atom is -0.478 e. The van der Waals surface area contributed by atoms with Crippen molar-refractivity contribution in [2.75, 3.05) is 5.32 Å². The van der Waals surface area contributed by atoms with Crippen LogP contribution in [0.3, 0.4) is 0 Å². The van der Waals surface area contributed by atoms with Gasteiger partial charge in [0.2, 0.25) is 5.91 Å². The zero-order chi connectivity index (χ0) is 22.2. The highest BCUT2D eigenvalue weighted by molar-refractivity contribution is 7.53. The van der Waals surface area contributed by atoms with E-state index < -0.39 is 25.1 Å². The van der Waals surface area contributed by atoms with E-state index in [1.165, 1.54) is 18.2 Å². The molecular weight excluding hydrogens is 417 g/mol. The Morgan fingerprint density at radius 2 is 1.39 bits per heavy atom. The van der Waals surface area contributed by atoms with Crippen LogP contribution in [0.1, 0.15) is 21.6 Å². The number of rotatable bonds is 5. The molecule has 1 unspecified atom stereocenters. The van der Waals surface area contributed by atoms with E-state index in [1.54, 1.807) is 60.7 Å². The summed E-state index contributed by atoms with van der Waals surface area (Å²) < 4.78 is 12.4. The molecule has 0 aliphatic carbocycles. The summed E-state index contributed by atoms with van der Waals surface area (Å²) in [5, 5.41) is 14.6. The fraction of sp³-hybridized carbons (Fsp3) is 0.0435. The number of benzene rings is 4. The minimum absolute atomic E-state index is 0.0325. The highest BCUT2D eigenvalue weighted by atomic mass is 31.2. The first-order valence-corrected chi connectivity index (χ1v) is 11.0. The smallest absolute Gasteiger partial charge is 0.342 e. The average Bonchev–Trinajstić information content (AvgIpc) is 2.72. The number of carbonyl (C=O) groups excluding carboxylic acids is 1. The maximum atomic E-state index is 13.1. The van der Waals surface area contributed by atoms with E-state index in [1.807, 2.05) is 0 Å². The van der Waals surface area contributed by atoms with Crippen molar-refractivity contribution in [1.29, 1.82) is 0 Å². The number of carbonyl (C=O) groups is 2. The van der Waals surface area contributed by atoms with Gasteiger partial charge < -0.3 is 20.2 Å². The molecule has 0 radical (unpaired) electrons. The SMILES string of the molecule is O=C(O)c1cc2ccccc2cc1NC(=O)C(c1cccc2ccccc12)P(=O)(O)O. The first-order chi connectivity index (χ1) is 14.8. The standard InChI is InChI=1S/C23H18NO6P/c25-22(24-20-13-16-8-2-1-7-15(16)12-19(20)23(26)27)21(31(28,29)30)18-11-5-9-14-6-3-4-10-17(14)18/h1-13,21H,(H,24,25)(H,26,27)(H2,28,29,30). The van der Waals surface area contributed by atoms with E-state index in [-0.39, 0.29) is 16.8 Å². The number of hydrogen-bond donors (Lipinski definition) is 4. The monoisotopic (exact) mass is 435 g/mol. The first kappa shape index (κ1) is 20.8. The average molecular weight is 435 g/mol. The van der Waals surface area contributed by atoms with Gasteiger partial charge in [-0.15, -0.1) is 0 Å². The molecular formula is C23H18NO6P. The Balaban J connectivity index is 1.82. The molecule has 7 nitrogen and oxygen atoms in total. The van der Waals surface area contributed by atoms with E-state index in [2.05, 4.69) is 5.32 Å². The first-order valence-electron chi connectivity index (χ1n) is 9.35. The molecule has 0 bridgehead atoms. The van der Waals surface area contributed by atoms with E-state index in [4.69, 9.17) is 0 Å². The summed E-state index contributed by atoms with van der Waals surface area (Å²) in [4.78, 5) is 44.9. The van der Waals surface area contributed by atoms with Crippen molar-refractivity contribution < 1.29 is 29.0 Å². The van der Waals surface area contributed by atoms with E-state index in [0.717, 1.165) is 5.39 Å². The number of nitrogens with one attached hydrogen (secondary N) is 1. The molecule has 4 aromatic carbocycles. The molecule has 1 amide bonds. The zero-order valence-corrected chi connectivity index (χ0v) is 17.0. The van der Waals surface area contributed by atoms with Gasteiger partial charge in [-0.3, -0.25) is 9.36 Å². The van der Waals surface area contributed by atoms with Gasteiger partial charge in [0.05, 0.1) is 11.3 Å². The second kappa shape index (κ2) is 7.96. The maximum Gasteiger partial charge on any atom is 0.342 e. The normalized spacial score (nSPS) is 12.6. The summed E-state index contributed by atoms with van der Waals surface area (Å²) in [6, 6.07) is 21.8. The van der Waals surface area contributed by atoms with Gasteiger partial charge in [0, 0.05) is 0 Å². The molecule has 0 aliphatic heterocycles. The second-order valence-electron chi connectivity index (χ2n) is 7.10. The maximum absolute atomic E-state index is 13.1. The molecule has 8 heteroatoms. The number of carboxylic acids is 1. The largest absolute Gasteiger partial charge is 0.478 e. The van der Waals surface area contributed by atoms with Crippen molar-refractivity contribution in [2.45, 2.75) is 5.66 Å². The molecule has 0 saturated heterocycles. The number of amides is 1. The lowest BCUT2D eigenvalue weighted by molar-refractivity contribution is -0.116. The minimum atomic E-state index is -4.94. The molecule has 0 heterocycles. The topological polar surface area (TPSA) is 124 Å². The van der Waals surface area contributed by atoms with Gasteiger partial charge in [-0.05, 0) is 39.2 Å². The van der Waals surface area contributed by atoms with Crippen LogP contribution < -0.4 is 5.32 Å². The van der Waals surface area contributed by atoms with Gasteiger partial charge in [0.15, 0.2) is 5.66 Å². The molecule has 0 aliphatic rings. The lowest BCUT2D eigenvalue weighted by Crippen LogP contribution is -2.23. The molecule has 4 N–H and O–H groups in total. The number of anilines is 1. The predicted octanol–water partition coefficient (Wildman–Crippen LogP) is 4.55. The Labute approximate surface area is 177 Å². The van der Waals surface area contributed by atoms with Crippen molar-refractivity contribution in [1.82, 2.24) is 0 Å². The van der Waals surface area contributed by atoms with Crippen LogP contribution in [-0.4, -0.2) is 26.8 Å². The fourth-order valence-corrected chi connectivity index (χ4v) is 4.64. The summed E-state index contributed by atoms with van der Waals surface area (Å²) >= 11 is 0. The van der Waals surface area contributed by atoms with Gasteiger partial charge in [-0.2, -0.15) is 0 Å². The van der Waals surface area contributed by atoms with Crippen LogP contribution in [0.4, 0.5) is 5.69 Å². The third-order valence-corrected chi connectivity index (χ3v) is 6.26. The van der Waals surface area contributed by atoms with Gasteiger partial charge in [-0.1, -0.05) is 66.7 Å². The van der Waals surface area contributed by atoms with Crippen molar-refractivity contribution in [3.05, 3.63) is 90.0 Å². The van der Waals surface area contributed by atoms with Gasteiger partial charge in [0.1, 0.15) is 0 Å². The highest BCUT2D eigenvalue weighted by Gasteiger charge is 2.38. The molecule has 1 atom stereocenters. The molecule has 0 spiro atoms. The number of fused-ring (bicyclic) bond motifs is 2. The second-order valence-corrected chi connectivity index (χ2v) is 8.79. The Morgan fingerprint density at radius 3 is 2.03 bits per heavy atom. The van der Waals surface area contributed by atoms with E-state index >= 15 is 0 Å². The van der Waals surface area contributed by atoms with Crippen molar-refractivity contribution in [3.8, 4) is 0 Å². The lowest BCUT2D eigenvalue weighted by atomic mass is 10.0. The number of aromatic carboxylic acids is 1. The molecule has 0 aromatic heterocycles. The molecule has 31 heavy (non-hydrogen) atoms. The number of carboxylic acid groups (broad SMARTS) is 1. The van der Waals surface area contributed by atoms with Gasteiger partial charge in [-0.25, -0.2) is 4.79 Å². The van der Waals surface area contributed by atoms with Crippen LogP contribution >= 0.6 is 7.60 Å². The van der Waals surface area contributed by atoms with Gasteiger partial charge in [0.25, 0.3) is 0 Å². The van der Waals surface area contributed by atoms with Crippen molar-refractivity contribution in [2.24, 2.45) is 0 Å². The quantitative estimate of drug-likeness (QED) is 0.341. The van der Waals surface area contributed by atoms with Crippen LogP contribution in [0.2, 0.25) is 0 Å². The lowest BCUT2D eigenvalue weighted by Gasteiger charge is -2.21. The summed E-state index contributed by atoms with van der Waals surface area (Å²) in [5.74, 6) is -2.25. The molecule has 0 saturated carbocycles. The zero-order valence-electron chi connectivity index (χ0n) is 16.1.